The van der Waals surface area contributed by atoms with E-state index in [0.717, 1.165) is 15.8 Å². The average Bonchev–Trinajstić information content (AvgIpc) is 2.49. The quantitative estimate of drug-likeness (QED) is 0.793. The Kier molecular flexibility index (Phi) is 3.49. The molecule has 4 heteroatoms. The van der Waals surface area contributed by atoms with E-state index in [1.807, 2.05) is 30.0 Å². The minimum atomic E-state index is 0.177. The molecule has 1 aromatic carbocycles. The summed E-state index contributed by atoms with van der Waals surface area (Å²) in [6, 6.07) is 5.91. The molecule has 1 amide bonds. The molecule has 16 heavy (non-hydrogen) atoms. The van der Waals surface area contributed by atoms with Crippen LogP contribution in [0.4, 0.5) is 0 Å². The first kappa shape index (κ1) is 11.5. The van der Waals surface area contributed by atoms with Crippen LogP contribution in [0.2, 0.25) is 0 Å². The lowest BCUT2D eigenvalue weighted by Gasteiger charge is -2.18. The minimum Gasteiger partial charge on any atom is -0.491 e. The molecular weight excluding hydrogens is 270 g/mol. The highest BCUT2D eigenvalue weighted by atomic mass is 79.9. The highest BCUT2D eigenvalue weighted by molar-refractivity contribution is 9.10. The van der Waals surface area contributed by atoms with E-state index in [-0.39, 0.29) is 5.91 Å². The molecule has 0 bridgehead atoms. The van der Waals surface area contributed by atoms with Crippen LogP contribution in [0.1, 0.15) is 18.9 Å². The van der Waals surface area contributed by atoms with Gasteiger partial charge >= 0.3 is 0 Å². The van der Waals surface area contributed by atoms with Gasteiger partial charge in [0.2, 0.25) is 5.91 Å². The molecule has 0 N–H and O–H groups in total. The fourth-order valence-electron chi connectivity index (χ4n) is 1.80. The number of rotatable bonds is 1. The van der Waals surface area contributed by atoms with E-state index in [2.05, 4.69) is 15.9 Å². The maximum Gasteiger partial charge on any atom is 0.222 e. The molecule has 0 unspecified atom stereocenters. The van der Waals surface area contributed by atoms with Crippen LogP contribution in [-0.4, -0.2) is 24.0 Å². The van der Waals surface area contributed by atoms with Crippen molar-refractivity contribution in [2.45, 2.75) is 19.9 Å². The monoisotopic (exact) mass is 283 g/mol. The van der Waals surface area contributed by atoms with Crippen molar-refractivity contribution in [2.24, 2.45) is 0 Å². The SMILES string of the molecule is CCC(=O)N1CCOc2ccc(Br)cc2C1. The Labute approximate surface area is 104 Å². The summed E-state index contributed by atoms with van der Waals surface area (Å²) in [5, 5.41) is 0. The summed E-state index contributed by atoms with van der Waals surface area (Å²) in [5.41, 5.74) is 1.06. The molecule has 86 valence electrons. The van der Waals surface area contributed by atoms with Gasteiger partial charge in [-0.3, -0.25) is 4.79 Å². The number of nitrogens with zero attached hydrogens (tertiary/aromatic N) is 1. The third kappa shape index (κ3) is 2.38. The second-order valence-corrected chi connectivity index (χ2v) is 4.69. The van der Waals surface area contributed by atoms with E-state index >= 15 is 0 Å². The lowest BCUT2D eigenvalue weighted by atomic mass is 10.2. The van der Waals surface area contributed by atoms with Gasteiger partial charge in [0.25, 0.3) is 0 Å². The van der Waals surface area contributed by atoms with Crippen LogP contribution in [0.3, 0.4) is 0 Å². The Bertz CT molecular complexity index is 406. The molecule has 0 atom stereocenters. The molecule has 0 spiro atoms. The van der Waals surface area contributed by atoms with Gasteiger partial charge in [-0.1, -0.05) is 22.9 Å². The van der Waals surface area contributed by atoms with Crippen LogP contribution in [0.15, 0.2) is 22.7 Å². The summed E-state index contributed by atoms with van der Waals surface area (Å²) < 4.78 is 6.63. The van der Waals surface area contributed by atoms with Crippen LogP contribution < -0.4 is 4.74 Å². The van der Waals surface area contributed by atoms with E-state index in [1.54, 1.807) is 0 Å². The molecule has 1 aliphatic rings. The van der Waals surface area contributed by atoms with Crippen molar-refractivity contribution in [3.05, 3.63) is 28.2 Å². The van der Waals surface area contributed by atoms with Crippen molar-refractivity contribution in [2.75, 3.05) is 13.2 Å². The molecular formula is C12H14BrNO2. The molecule has 0 saturated heterocycles. The van der Waals surface area contributed by atoms with Crippen LogP contribution in [0.5, 0.6) is 5.75 Å². The van der Waals surface area contributed by atoms with Crippen molar-refractivity contribution in [3.63, 3.8) is 0 Å². The van der Waals surface area contributed by atoms with E-state index < -0.39 is 0 Å². The predicted molar refractivity (Wildman–Crippen MR) is 65.3 cm³/mol. The zero-order valence-electron chi connectivity index (χ0n) is 9.20. The lowest BCUT2D eigenvalue weighted by molar-refractivity contribution is -0.131. The molecule has 2 rings (SSSR count). The number of fused-ring (bicyclic) bond motifs is 1. The van der Waals surface area contributed by atoms with Gasteiger partial charge in [0.15, 0.2) is 0 Å². The maximum absolute atomic E-state index is 11.7. The number of hydrogen-bond donors (Lipinski definition) is 0. The zero-order chi connectivity index (χ0) is 11.5. The van der Waals surface area contributed by atoms with Crippen molar-refractivity contribution >= 4 is 21.8 Å². The predicted octanol–water partition coefficient (Wildman–Crippen LogP) is 2.58. The largest absolute Gasteiger partial charge is 0.491 e. The van der Waals surface area contributed by atoms with Gasteiger partial charge in [0, 0.05) is 23.0 Å². The summed E-state index contributed by atoms with van der Waals surface area (Å²) >= 11 is 3.43. The number of amides is 1. The number of ether oxygens (including phenoxy) is 1. The molecule has 0 radical (unpaired) electrons. The third-order valence-electron chi connectivity index (χ3n) is 2.66. The standard InChI is InChI=1S/C12H14BrNO2/c1-2-12(15)14-5-6-16-11-4-3-10(13)7-9(11)8-14/h3-4,7H,2,5-6,8H2,1H3. The molecule has 0 saturated carbocycles. The smallest absolute Gasteiger partial charge is 0.222 e. The highest BCUT2D eigenvalue weighted by Gasteiger charge is 2.18. The van der Waals surface area contributed by atoms with Crippen molar-refractivity contribution in [3.8, 4) is 5.75 Å². The van der Waals surface area contributed by atoms with Gasteiger partial charge in [-0.15, -0.1) is 0 Å². The number of carbonyl (C=O) groups excluding carboxylic acids is 1. The van der Waals surface area contributed by atoms with Gasteiger partial charge in [-0.25, -0.2) is 0 Å². The average molecular weight is 284 g/mol. The van der Waals surface area contributed by atoms with Crippen LogP contribution in [-0.2, 0) is 11.3 Å². The number of halogens is 1. The maximum atomic E-state index is 11.7. The van der Waals surface area contributed by atoms with Crippen LogP contribution >= 0.6 is 15.9 Å². The second-order valence-electron chi connectivity index (χ2n) is 3.77. The fraction of sp³-hybridized carbons (Fsp3) is 0.417. The first-order valence-corrected chi connectivity index (χ1v) is 6.19. The van der Waals surface area contributed by atoms with Crippen LogP contribution in [0, 0.1) is 0 Å². The van der Waals surface area contributed by atoms with E-state index in [1.165, 1.54) is 0 Å². The van der Waals surface area contributed by atoms with E-state index in [9.17, 15) is 4.79 Å². The third-order valence-corrected chi connectivity index (χ3v) is 3.15. The van der Waals surface area contributed by atoms with Crippen LogP contribution in [0.25, 0.3) is 0 Å². The molecule has 3 nitrogen and oxygen atoms in total. The first-order valence-electron chi connectivity index (χ1n) is 5.39. The summed E-state index contributed by atoms with van der Waals surface area (Å²) in [5.74, 6) is 1.06. The Morgan fingerprint density at radius 3 is 3.12 bits per heavy atom. The Morgan fingerprint density at radius 2 is 2.38 bits per heavy atom. The molecule has 1 heterocycles. The zero-order valence-corrected chi connectivity index (χ0v) is 10.8. The van der Waals surface area contributed by atoms with E-state index in [0.29, 0.717) is 26.1 Å². The lowest BCUT2D eigenvalue weighted by Crippen LogP contribution is -2.31. The summed E-state index contributed by atoms with van der Waals surface area (Å²) in [6.45, 7) is 3.76. The van der Waals surface area contributed by atoms with Crippen molar-refractivity contribution in [1.82, 2.24) is 4.90 Å². The molecule has 1 aromatic rings. The Morgan fingerprint density at radius 1 is 1.56 bits per heavy atom. The van der Waals surface area contributed by atoms with Crippen molar-refractivity contribution in [1.29, 1.82) is 0 Å². The van der Waals surface area contributed by atoms with Crippen molar-refractivity contribution < 1.29 is 9.53 Å². The summed E-state index contributed by atoms with van der Waals surface area (Å²) in [4.78, 5) is 13.5. The van der Waals surface area contributed by atoms with Gasteiger partial charge in [-0.05, 0) is 18.2 Å². The first-order chi connectivity index (χ1) is 7.70. The Hall–Kier alpha value is -1.03. The van der Waals surface area contributed by atoms with E-state index in [4.69, 9.17) is 4.74 Å². The molecule has 0 aliphatic carbocycles. The number of hydrogen-bond acceptors (Lipinski definition) is 2. The number of carbonyl (C=O) groups is 1. The van der Waals surface area contributed by atoms with Gasteiger partial charge in [0.05, 0.1) is 6.54 Å². The molecule has 1 aliphatic heterocycles. The van der Waals surface area contributed by atoms with Gasteiger partial charge < -0.3 is 9.64 Å². The minimum absolute atomic E-state index is 0.177. The molecule has 0 aromatic heterocycles. The van der Waals surface area contributed by atoms with Gasteiger partial charge in [0.1, 0.15) is 12.4 Å². The second kappa shape index (κ2) is 4.87. The summed E-state index contributed by atoms with van der Waals surface area (Å²) in [7, 11) is 0. The summed E-state index contributed by atoms with van der Waals surface area (Å²) in [6.07, 6.45) is 0.545. The topological polar surface area (TPSA) is 29.5 Å². The fourth-order valence-corrected chi connectivity index (χ4v) is 2.21. The Balaban J connectivity index is 2.25. The highest BCUT2D eigenvalue weighted by Crippen LogP contribution is 2.26. The molecule has 0 fully saturated rings. The van der Waals surface area contributed by atoms with Gasteiger partial charge in [-0.2, -0.15) is 0 Å². The normalized spacial score (nSPS) is 15.0. The number of benzene rings is 1.